The Kier molecular flexibility index (Phi) is 5.83. The van der Waals surface area contributed by atoms with Crippen molar-refractivity contribution >= 4 is 46.4 Å². The first kappa shape index (κ1) is 16.8. The van der Waals surface area contributed by atoms with E-state index >= 15 is 0 Å². The maximum Gasteiger partial charge on any atom is 0.253 e. The number of halogens is 2. The molecule has 1 aromatic carbocycles. The van der Waals surface area contributed by atoms with E-state index in [-0.39, 0.29) is 18.4 Å². The summed E-state index contributed by atoms with van der Waals surface area (Å²) in [7, 11) is 1.68. The Bertz CT molecular complexity index is 688. The van der Waals surface area contributed by atoms with E-state index in [0.717, 1.165) is 4.88 Å². The van der Waals surface area contributed by atoms with Crippen LogP contribution in [0.2, 0.25) is 9.36 Å². The van der Waals surface area contributed by atoms with Crippen LogP contribution in [0, 0.1) is 0 Å². The van der Waals surface area contributed by atoms with E-state index in [1.165, 1.54) is 16.2 Å². The minimum absolute atomic E-state index is 0.0837. The first-order chi connectivity index (χ1) is 10.5. The number of nitrogens with zero attached hydrogens (tertiary/aromatic N) is 1. The summed E-state index contributed by atoms with van der Waals surface area (Å²) in [5.74, 6) is -0.559. The molecular formula is C15H14Cl2N2O2S. The number of amides is 2. The molecular weight excluding hydrogens is 343 g/mol. The molecule has 2 amide bonds. The zero-order chi connectivity index (χ0) is 16.1. The molecule has 0 aliphatic rings. The van der Waals surface area contributed by atoms with Gasteiger partial charge in [0, 0.05) is 11.9 Å². The lowest BCUT2D eigenvalue weighted by atomic mass is 10.2. The highest BCUT2D eigenvalue weighted by Crippen LogP contribution is 2.22. The van der Waals surface area contributed by atoms with Crippen molar-refractivity contribution in [3.05, 3.63) is 56.2 Å². The molecule has 7 heteroatoms. The Morgan fingerprint density at radius 3 is 2.55 bits per heavy atom. The molecule has 1 aromatic heterocycles. The summed E-state index contributed by atoms with van der Waals surface area (Å²) in [6.07, 6.45) is 0. The zero-order valence-electron chi connectivity index (χ0n) is 11.8. The predicted molar refractivity (Wildman–Crippen MR) is 89.6 cm³/mol. The number of carbonyl (C=O) groups excluding carboxylic acids is 2. The van der Waals surface area contributed by atoms with Gasteiger partial charge in [0.2, 0.25) is 5.91 Å². The molecule has 4 nitrogen and oxygen atoms in total. The number of rotatable bonds is 5. The molecule has 0 radical (unpaired) electrons. The Labute approximate surface area is 142 Å². The molecule has 0 unspecified atom stereocenters. The number of thiophene rings is 1. The Morgan fingerprint density at radius 2 is 1.91 bits per heavy atom. The highest BCUT2D eigenvalue weighted by Gasteiger charge is 2.14. The average Bonchev–Trinajstić information content (AvgIpc) is 2.90. The third-order valence-corrected chi connectivity index (χ3v) is 4.51. The topological polar surface area (TPSA) is 49.4 Å². The van der Waals surface area contributed by atoms with E-state index in [1.54, 1.807) is 37.4 Å². The van der Waals surface area contributed by atoms with Gasteiger partial charge in [0.05, 0.1) is 28.0 Å². The third kappa shape index (κ3) is 4.47. The second-order valence-corrected chi connectivity index (χ2v) is 6.82. The van der Waals surface area contributed by atoms with Crippen molar-refractivity contribution in [3.63, 3.8) is 0 Å². The molecule has 2 rings (SSSR count). The van der Waals surface area contributed by atoms with E-state index in [2.05, 4.69) is 5.32 Å². The summed E-state index contributed by atoms with van der Waals surface area (Å²) in [5, 5.41) is 2.93. The molecule has 0 atom stereocenters. The molecule has 2 aromatic rings. The van der Waals surface area contributed by atoms with Crippen LogP contribution in [0.3, 0.4) is 0 Å². The quantitative estimate of drug-likeness (QED) is 0.891. The lowest BCUT2D eigenvalue weighted by Crippen LogP contribution is -2.37. The SMILES string of the molecule is CN(Cc1ccc(Cl)s1)C(=O)CNC(=O)c1ccccc1Cl. The summed E-state index contributed by atoms with van der Waals surface area (Å²) in [4.78, 5) is 26.5. The largest absolute Gasteiger partial charge is 0.343 e. The monoisotopic (exact) mass is 356 g/mol. The van der Waals surface area contributed by atoms with Gasteiger partial charge in [-0.15, -0.1) is 11.3 Å². The van der Waals surface area contributed by atoms with Gasteiger partial charge in [0.25, 0.3) is 5.91 Å². The number of hydrogen-bond donors (Lipinski definition) is 1. The van der Waals surface area contributed by atoms with Crippen molar-refractivity contribution in [3.8, 4) is 0 Å². The van der Waals surface area contributed by atoms with Crippen molar-refractivity contribution in [2.45, 2.75) is 6.54 Å². The van der Waals surface area contributed by atoms with Crippen molar-refractivity contribution in [2.75, 3.05) is 13.6 Å². The molecule has 0 aliphatic carbocycles. The van der Waals surface area contributed by atoms with E-state index in [1.807, 2.05) is 6.07 Å². The van der Waals surface area contributed by atoms with Crippen LogP contribution >= 0.6 is 34.5 Å². The minimum atomic E-state index is -0.369. The molecule has 116 valence electrons. The average molecular weight is 357 g/mol. The van der Waals surface area contributed by atoms with Crippen LogP contribution in [-0.2, 0) is 11.3 Å². The fraction of sp³-hybridized carbons (Fsp3) is 0.200. The summed E-state index contributed by atoms with van der Waals surface area (Å²) in [5.41, 5.74) is 0.352. The first-order valence-electron chi connectivity index (χ1n) is 6.48. The Balaban J connectivity index is 1.87. The molecule has 0 fully saturated rings. The van der Waals surface area contributed by atoms with Gasteiger partial charge < -0.3 is 10.2 Å². The van der Waals surface area contributed by atoms with E-state index in [9.17, 15) is 9.59 Å². The maximum atomic E-state index is 12.0. The van der Waals surface area contributed by atoms with Crippen molar-refractivity contribution < 1.29 is 9.59 Å². The van der Waals surface area contributed by atoms with Gasteiger partial charge in [0.1, 0.15) is 0 Å². The van der Waals surface area contributed by atoms with Crippen LogP contribution in [0.15, 0.2) is 36.4 Å². The van der Waals surface area contributed by atoms with Crippen LogP contribution < -0.4 is 5.32 Å². The summed E-state index contributed by atoms with van der Waals surface area (Å²) in [6.45, 7) is 0.373. The van der Waals surface area contributed by atoms with Crippen LogP contribution in [0.4, 0.5) is 0 Å². The van der Waals surface area contributed by atoms with Crippen molar-refractivity contribution in [2.24, 2.45) is 0 Å². The smallest absolute Gasteiger partial charge is 0.253 e. The van der Waals surface area contributed by atoms with E-state index < -0.39 is 0 Å². The second-order valence-electron chi connectivity index (χ2n) is 4.62. The zero-order valence-corrected chi connectivity index (χ0v) is 14.1. The van der Waals surface area contributed by atoms with E-state index in [4.69, 9.17) is 23.2 Å². The number of hydrogen-bond acceptors (Lipinski definition) is 3. The number of likely N-dealkylation sites (N-methyl/N-ethyl adjacent to an activating group) is 1. The highest BCUT2D eigenvalue weighted by molar-refractivity contribution is 7.16. The fourth-order valence-corrected chi connectivity index (χ4v) is 3.15. The summed E-state index contributed by atoms with van der Waals surface area (Å²) >= 11 is 13.2. The molecule has 0 saturated carbocycles. The molecule has 0 bridgehead atoms. The lowest BCUT2D eigenvalue weighted by molar-refractivity contribution is -0.129. The van der Waals surface area contributed by atoms with Gasteiger partial charge in [-0.05, 0) is 24.3 Å². The van der Waals surface area contributed by atoms with Crippen molar-refractivity contribution in [1.82, 2.24) is 10.2 Å². The van der Waals surface area contributed by atoms with Crippen LogP contribution in [0.1, 0.15) is 15.2 Å². The molecule has 0 spiro atoms. The molecule has 0 aliphatic heterocycles. The fourth-order valence-electron chi connectivity index (χ4n) is 1.79. The first-order valence-corrected chi connectivity index (χ1v) is 8.05. The van der Waals surface area contributed by atoms with Crippen LogP contribution in [0.5, 0.6) is 0 Å². The third-order valence-electron chi connectivity index (χ3n) is 2.97. The minimum Gasteiger partial charge on any atom is -0.343 e. The van der Waals surface area contributed by atoms with Gasteiger partial charge in [-0.25, -0.2) is 0 Å². The standard InChI is InChI=1S/C15H14Cl2N2O2S/c1-19(9-10-6-7-13(17)22-10)14(20)8-18-15(21)11-4-2-3-5-12(11)16/h2-7H,8-9H2,1H3,(H,18,21). The van der Waals surface area contributed by atoms with E-state index in [0.29, 0.717) is 21.5 Å². The second kappa shape index (κ2) is 7.63. The number of carbonyl (C=O) groups is 2. The van der Waals surface area contributed by atoms with Gasteiger partial charge in [-0.3, -0.25) is 9.59 Å². The predicted octanol–water partition coefficient (Wildman–Crippen LogP) is 3.44. The molecule has 1 heterocycles. The van der Waals surface area contributed by atoms with Crippen LogP contribution in [0.25, 0.3) is 0 Å². The normalized spacial score (nSPS) is 10.3. The lowest BCUT2D eigenvalue weighted by Gasteiger charge is -2.16. The maximum absolute atomic E-state index is 12.0. The van der Waals surface area contributed by atoms with Gasteiger partial charge >= 0.3 is 0 Å². The number of nitrogens with one attached hydrogen (secondary N) is 1. The van der Waals surface area contributed by atoms with Gasteiger partial charge in [-0.1, -0.05) is 35.3 Å². The Morgan fingerprint density at radius 1 is 1.18 bits per heavy atom. The number of benzene rings is 1. The van der Waals surface area contributed by atoms with Crippen LogP contribution in [-0.4, -0.2) is 30.3 Å². The summed E-state index contributed by atoms with van der Waals surface area (Å²) in [6, 6.07) is 10.4. The Hall–Kier alpha value is -1.56. The van der Waals surface area contributed by atoms with Gasteiger partial charge in [-0.2, -0.15) is 0 Å². The molecule has 22 heavy (non-hydrogen) atoms. The molecule has 1 N–H and O–H groups in total. The van der Waals surface area contributed by atoms with Gasteiger partial charge in [0.15, 0.2) is 0 Å². The molecule has 0 saturated heterocycles. The summed E-state index contributed by atoms with van der Waals surface area (Å²) < 4.78 is 0.683. The highest BCUT2D eigenvalue weighted by atomic mass is 35.5. The van der Waals surface area contributed by atoms with Crippen molar-refractivity contribution in [1.29, 1.82) is 0 Å².